The maximum Gasteiger partial charge on any atom is 0.244 e. The Bertz CT molecular complexity index is 413. The molecule has 17 heavy (non-hydrogen) atoms. The van der Waals surface area contributed by atoms with Gasteiger partial charge in [-0.1, -0.05) is 18.2 Å². The number of hydrogen-bond donors (Lipinski definition) is 2. The van der Waals surface area contributed by atoms with Crippen molar-refractivity contribution >= 4 is 11.6 Å². The van der Waals surface area contributed by atoms with E-state index in [1.807, 2.05) is 30.3 Å². The number of para-hydroxylation sites is 1. The molecule has 2 atom stereocenters. The molecule has 1 aromatic carbocycles. The largest absolute Gasteiger partial charge is 0.324 e. The second-order valence-electron chi connectivity index (χ2n) is 5.17. The van der Waals surface area contributed by atoms with Gasteiger partial charge in [-0.25, -0.2) is 0 Å². The van der Waals surface area contributed by atoms with Gasteiger partial charge in [0, 0.05) is 11.7 Å². The van der Waals surface area contributed by atoms with Crippen LogP contribution in [0, 0.1) is 0 Å². The van der Waals surface area contributed by atoms with Crippen LogP contribution in [0.25, 0.3) is 0 Å². The van der Waals surface area contributed by atoms with Crippen molar-refractivity contribution < 1.29 is 4.79 Å². The summed E-state index contributed by atoms with van der Waals surface area (Å²) in [5, 5.41) is 6.54. The number of fused-ring (bicyclic) bond motifs is 2. The molecule has 1 aromatic rings. The van der Waals surface area contributed by atoms with Crippen LogP contribution in [0.15, 0.2) is 30.3 Å². The minimum Gasteiger partial charge on any atom is -0.324 e. The number of anilines is 1. The fourth-order valence-electron chi connectivity index (χ4n) is 3.08. The van der Waals surface area contributed by atoms with Gasteiger partial charge in [0.25, 0.3) is 0 Å². The summed E-state index contributed by atoms with van der Waals surface area (Å²) < 4.78 is 0. The Kier molecular flexibility index (Phi) is 2.63. The van der Waals surface area contributed by atoms with E-state index in [4.69, 9.17) is 0 Å². The highest BCUT2D eigenvalue weighted by Gasteiger charge is 2.46. The first kappa shape index (κ1) is 10.8. The number of piperidine rings is 1. The molecule has 3 rings (SSSR count). The Balaban J connectivity index is 1.74. The highest BCUT2D eigenvalue weighted by Crippen LogP contribution is 2.36. The molecule has 0 saturated carbocycles. The topological polar surface area (TPSA) is 41.1 Å². The Morgan fingerprint density at radius 3 is 2.88 bits per heavy atom. The third-order valence-corrected chi connectivity index (χ3v) is 4.02. The van der Waals surface area contributed by atoms with E-state index in [1.54, 1.807) is 0 Å². The first-order valence-corrected chi connectivity index (χ1v) is 6.43. The number of hydrogen-bond acceptors (Lipinski definition) is 2. The summed E-state index contributed by atoms with van der Waals surface area (Å²) in [6.07, 6.45) is 5.49. The second kappa shape index (κ2) is 4.15. The Labute approximate surface area is 102 Å². The number of nitrogens with one attached hydrogen (secondary N) is 2. The normalized spacial score (nSPS) is 31.2. The van der Waals surface area contributed by atoms with E-state index in [1.165, 1.54) is 12.8 Å². The predicted octanol–water partition coefficient (Wildman–Crippen LogP) is 2.30. The summed E-state index contributed by atoms with van der Waals surface area (Å²) in [7, 11) is 0. The lowest BCUT2D eigenvalue weighted by atomic mass is 9.89. The van der Waals surface area contributed by atoms with E-state index in [0.717, 1.165) is 24.9 Å². The van der Waals surface area contributed by atoms with Crippen molar-refractivity contribution in [1.29, 1.82) is 0 Å². The number of carbonyl (C=O) groups is 1. The summed E-state index contributed by atoms with van der Waals surface area (Å²) >= 11 is 0. The lowest BCUT2D eigenvalue weighted by Crippen LogP contribution is -2.54. The number of benzene rings is 1. The summed E-state index contributed by atoms with van der Waals surface area (Å²) in [5.41, 5.74) is 0.598. The van der Waals surface area contributed by atoms with Gasteiger partial charge in [0.05, 0.1) is 5.54 Å². The molecule has 0 spiro atoms. The van der Waals surface area contributed by atoms with Crippen LogP contribution in [0.4, 0.5) is 5.69 Å². The molecule has 2 bridgehead atoms. The predicted molar refractivity (Wildman–Crippen MR) is 67.8 cm³/mol. The standard InChI is InChI=1S/C14H18N2O/c17-13(15-11-5-2-1-3-6-11)14-9-4-7-12(16-14)8-10-14/h1-3,5-6,12,16H,4,7-10H2,(H,15,17)/t12?,14-/m1/s1. The Hall–Kier alpha value is -1.35. The molecule has 1 unspecified atom stereocenters. The zero-order chi connectivity index (χ0) is 11.7. The van der Waals surface area contributed by atoms with Gasteiger partial charge in [-0.05, 0) is 44.2 Å². The van der Waals surface area contributed by atoms with E-state index in [2.05, 4.69) is 10.6 Å². The van der Waals surface area contributed by atoms with Crippen molar-refractivity contribution in [3.05, 3.63) is 30.3 Å². The molecule has 3 nitrogen and oxygen atoms in total. The van der Waals surface area contributed by atoms with Gasteiger partial charge in [0.15, 0.2) is 0 Å². The molecule has 0 aromatic heterocycles. The quantitative estimate of drug-likeness (QED) is 0.818. The van der Waals surface area contributed by atoms with Crippen molar-refractivity contribution in [2.45, 2.75) is 43.7 Å². The number of rotatable bonds is 2. The molecule has 0 radical (unpaired) electrons. The molecule has 2 fully saturated rings. The van der Waals surface area contributed by atoms with Crippen molar-refractivity contribution in [1.82, 2.24) is 5.32 Å². The summed E-state index contributed by atoms with van der Waals surface area (Å²) in [6, 6.07) is 10.3. The summed E-state index contributed by atoms with van der Waals surface area (Å²) in [6.45, 7) is 0. The molecule has 2 saturated heterocycles. The molecule has 2 N–H and O–H groups in total. The van der Waals surface area contributed by atoms with Crippen LogP contribution in [0.5, 0.6) is 0 Å². The Morgan fingerprint density at radius 2 is 2.06 bits per heavy atom. The molecule has 2 aliphatic heterocycles. The second-order valence-corrected chi connectivity index (χ2v) is 5.17. The van der Waals surface area contributed by atoms with Gasteiger partial charge in [-0.3, -0.25) is 4.79 Å². The lowest BCUT2D eigenvalue weighted by molar-refractivity contribution is -0.122. The van der Waals surface area contributed by atoms with E-state index < -0.39 is 0 Å². The molecular weight excluding hydrogens is 212 g/mol. The van der Waals surface area contributed by atoms with E-state index in [0.29, 0.717) is 6.04 Å². The average molecular weight is 230 g/mol. The molecule has 1 amide bonds. The number of carbonyl (C=O) groups excluding carboxylic acids is 1. The molecule has 3 heteroatoms. The lowest BCUT2D eigenvalue weighted by Gasteiger charge is -2.33. The average Bonchev–Trinajstić information content (AvgIpc) is 2.67. The highest BCUT2D eigenvalue weighted by atomic mass is 16.2. The van der Waals surface area contributed by atoms with Crippen LogP contribution >= 0.6 is 0 Å². The van der Waals surface area contributed by atoms with Gasteiger partial charge in [0.2, 0.25) is 5.91 Å². The molecule has 2 heterocycles. The highest BCUT2D eigenvalue weighted by molar-refractivity contribution is 5.98. The van der Waals surface area contributed by atoms with Gasteiger partial charge in [-0.15, -0.1) is 0 Å². The maximum absolute atomic E-state index is 12.4. The third kappa shape index (κ3) is 1.95. The van der Waals surface area contributed by atoms with Gasteiger partial charge < -0.3 is 10.6 Å². The van der Waals surface area contributed by atoms with E-state index in [-0.39, 0.29) is 11.4 Å². The van der Waals surface area contributed by atoms with Crippen LogP contribution in [0.2, 0.25) is 0 Å². The third-order valence-electron chi connectivity index (χ3n) is 4.02. The minimum atomic E-state index is -0.293. The van der Waals surface area contributed by atoms with Crippen LogP contribution in [0.3, 0.4) is 0 Å². The van der Waals surface area contributed by atoms with Crippen LogP contribution < -0.4 is 10.6 Å². The fourth-order valence-corrected chi connectivity index (χ4v) is 3.08. The van der Waals surface area contributed by atoms with Crippen LogP contribution in [0.1, 0.15) is 32.1 Å². The smallest absolute Gasteiger partial charge is 0.244 e. The molecule has 90 valence electrons. The van der Waals surface area contributed by atoms with E-state index in [9.17, 15) is 4.79 Å². The summed E-state index contributed by atoms with van der Waals surface area (Å²) in [4.78, 5) is 12.4. The summed E-state index contributed by atoms with van der Waals surface area (Å²) in [5.74, 6) is 0.144. The molecule has 0 aliphatic carbocycles. The van der Waals surface area contributed by atoms with Crippen molar-refractivity contribution in [2.75, 3.05) is 5.32 Å². The van der Waals surface area contributed by atoms with Crippen molar-refractivity contribution in [3.63, 3.8) is 0 Å². The molecular formula is C14H18N2O. The maximum atomic E-state index is 12.4. The van der Waals surface area contributed by atoms with Crippen LogP contribution in [-0.4, -0.2) is 17.5 Å². The molecule has 2 aliphatic rings. The van der Waals surface area contributed by atoms with Crippen LogP contribution in [-0.2, 0) is 4.79 Å². The van der Waals surface area contributed by atoms with Gasteiger partial charge >= 0.3 is 0 Å². The van der Waals surface area contributed by atoms with Crippen molar-refractivity contribution in [2.24, 2.45) is 0 Å². The zero-order valence-electron chi connectivity index (χ0n) is 9.91. The zero-order valence-corrected chi connectivity index (χ0v) is 9.91. The SMILES string of the molecule is O=C(Nc1ccccc1)[C@@]12CCCC(CC1)N2. The first-order chi connectivity index (χ1) is 8.28. The van der Waals surface area contributed by atoms with E-state index >= 15 is 0 Å². The first-order valence-electron chi connectivity index (χ1n) is 6.43. The van der Waals surface area contributed by atoms with Crippen molar-refractivity contribution in [3.8, 4) is 0 Å². The Morgan fingerprint density at radius 1 is 1.24 bits per heavy atom. The van der Waals surface area contributed by atoms with Gasteiger partial charge in [-0.2, -0.15) is 0 Å². The minimum absolute atomic E-state index is 0.144. The fraction of sp³-hybridized carbons (Fsp3) is 0.500. The van der Waals surface area contributed by atoms with Gasteiger partial charge in [0.1, 0.15) is 0 Å². The number of amides is 1. The monoisotopic (exact) mass is 230 g/mol.